The van der Waals surface area contributed by atoms with Crippen LogP contribution in [0, 0.1) is 0 Å². The molecule has 0 radical (unpaired) electrons. The number of oxazole rings is 1. The van der Waals surface area contributed by atoms with Crippen LogP contribution in [0.4, 0.5) is 11.8 Å². The van der Waals surface area contributed by atoms with E-state index in [1.54, 1.807) is 12.1 Å². The average Bonchev–Trinajstić information content (AvgIpc) is 3.12. The van der Waals surface area contributed by atoms with Crippen molar-refractivity contribution in [3.05, 3.63) is 47.5 Å². The maximum absolute atomic E-state index is 10.9. The van der Waals surface area contributed by atoms with Gasteiger partial charge >= 0.3 is 5.97 Å². The third kappa shape index (κ3) is 4.14. The van der Waals surface area contributed by atoms with E-state index in [2.05, 4.69) is 15.0 Å². The number of ether oxygens (including phenoxy) is 1. The van der Waals surface area contributed by atoms with Gasteiger partial charge < -0.3 is 25.7 Å². The summed E-state index contributed by atoms with van der Waals surface area (Å²) in [5, 5.41) is 8.94. The van der Waals surface area contributed by atoms with E-state index in [4.69, 9.17) is 25.7 Å². The van der Waals surface area contributed by atoms with Crippen molar-refractivity contribution in [2.75, 3.05) is 18.1 Å². The van der Waals surface area contributed by atoms with Crippen LogP contribution in [-0.2, 0) is 12.8 Å². The number of anilines is 2. The molecule has 1 aromatic carbocycles. The van der Waals surface area contributed by atoms with Crippen molar-refractivity contribution >= 4 is 17.7 Å². The summed E-state index contributed by atoms with van der Waals surface area (Å²) >= 11 is 0. The van der Waals surface area contributed by atoms with Crippen molar-refractivity contribution in [3.63, 3.8) is 0 Å². The highest BCUT2D eigenvalue weighted by Gasteiger charge is 2.13. The molecule has 0 spiro atoms. The number of carboxylic acids is 1. The zero-order chi connectivity index (χ0) is 19.4. The molecule has 2 aromatic heterocycles. The summed E-state index contributed by atoms with van der Waals surface area (Å²) in [6.07, 6.45) is 2.64. The maximum Gasteiger partial charge on any atom is 0.335 e. The monoisotopic (exact) mass is 369 g/mol. The minimum absolute atomic E-state index is 0.117. The molecule has 0 amide bonds. The predicted molar refractivity (Wildman–Crippen MR) is 98.3 cm³/mol. The molecule has 0 unspecified atom stereocenters. The molecule has 0 saturated carbocycles. The van der Waals surface area contributed by atoms with Gasteiger partial charge in [-0.05, 0) is 30.7 Å². The van der Waals surface area contributed by atoms with Crippen LogP contribution >= 0.6 is 0 Å². The number of rotatable bonds is 7. The van der Waals surface area contributed by atoms with Crippen molar-refractivity contribution in [3.8, 4) is 17.2 Å². The largest absolute Gasteiger partial charge is 0.487 e. The van der Waals surface area contributed by atoms with Gasteiger partial charge in [0.25, 0.3) is 0 Å². The number of carboxylic acid groups (broad SMARTS) is 1. The first kappa shape index (κ1) is 18.2. The van der Waals surface area contributed by atoms with E-state index in [-0.39, 0.29) is 17.3 Å². The zero-order valence-corrected chi connectivity index (χ0v) is 14.7. The summed E-state index contributed by atoms with van der Waals surface area (Å²) in [5.74, 6) is 0.181. The van der Waals surface area contributed by atoms with Crippen LogP contribution in [0.3, 0.4) is 0 Å². The fourth-order valence-corrected chi connectivity index (χ4v) is 2.50. The Morgan fingerprint density at radius 1 is 1.19 bits per heavy atom. The lowest BCUT2D eigenvalue weighted by Crippen LogP contribution is -2.10. The van der Waals surface area contributed by atoms with Gasteiger partial charge in [-0.3, -0.25) is 0 Å². The van der Waals surface area contributed by atoms with Gasteiger partial charge in [0.15, 0.2) is 11.6 Å². The van der Waals surface area contributed by atoms with E-state index in [0.717, 1.165) is 0 Å². The highest BCUT2D eigenvalue weighted by molar-refractivity contribution is 5.88. The number of nitrogen functional groups attached to an aromatic ring is 2. The zero-order valence-electron chi connectivity index (χ0n) is 14.7. The molecule has 0 aliphatic heterocycles. The molecule has 0 fully saturated rings. The van der Waals surface area contributed by atoms with Crippen molar-refractivity contribution in [2.24, 2.45) is 0 Å². The quantitative estimate of drug-likeness (QED) is 0.569. The Labute approximate surface area is 155 Å². The third-order valence-corrected chi connectivity index (χ3v) is 3.85. The highest BCUT2D eigenvalue weighted by atomic mass is 16.5. The van der Waals surface area contributed by atoms with Gasteiger partial charge in [0, 0.05) is 12.0 Å². The Morgan fingerprint density at radius 2 is 1.93 bits per heavy atom. The third-order valence-electron chi connectivity index (χ3n) is 3.85. The Hall–Kier alpha value is -3.62. The number of nitrogens with zero attached hydrogens (tertiary/aromatic N) is 3. The second-order valence-corrected chi connectivity index (χ2v) is 5.72. The molecule has 5 N–H and O–H groups in total. The molecule has 3 rings (SSSR count). The number of hydrogen-bond acceptors (Lipinski definition) is 8. The fraction of sp³-hybridized carbons (Fsp3) is 0.222. The number of benzene rings is 1. The molecular formula is C18H19N5O4. The normalized spacial score (nSPS) is 10.7. The summed E-state index contributed by atoms with van der Waals surface area (Å²) in [6.45, 7) is 2.24. The van der Waals surface area contributed by atoms with E-state index in [0.29, 0.717) is 48.0 Å². The topological polar surface area (TPSA) is 150 Å². The second kappa shape index (κ2) is 7.73. The van der Waals surface area contributed by atoms with Gasteiger partial charge in [0.2, 0.25) is 11.8 Å². The van der Waals surface area contributed by atoms with Gasteiger partial charge in [0.05, 0.1) is 23.6 Å². The second-order valence-electron chi connectivity index (χ2n) is 5.72. The van der Waals surface area contributed by atoms with Crippen molar-refractivity contribution < 1.29 is 19.1 Å². The SMILES string of the molecule is CCc1nc(N)nc(N)c1OCCc1coc(-c2ccc(C(=O)O)cc2)n1. The molecule has 140 valence electrons. The van der Waals surface area contributed by atoms with Gasteiger partial charge in [-0.15, -0.1) is 0 Å². The van der Waals surface area contributed by atoms with Gasteiger partial charge in [0.1, 0.15) is 6.26 Å². The first-order valence-corrected chi connectivity index (χ1v) is 8.30. The molecule has 0 bridgehead atoms. The summed E-state index contributed by atoms with van der Waals surface area (Å²) in [6, 6.07) is 6.30. The number of carbonyl (C=O) groups is 1. The summed E-state index contributed by atoms with van der Waals surface area (Å²) in [5.41, 5.74) is 13.7. The van der Waals surface area contributed by atoms with Crippen molar-refractivity contribution in [1.29, 1.82) is 0 Å². The van der Waals surface area contributed by atoms with Crippen LogP contribution in [0.1, 0.15) is 28.7 Å². The smallest absolute Gasteiger partial charge is 0.335 e. The minimum Gasteiger partial charge on any atom is -0.487 e. The summed E-state index contributed by atoms with van der Waals surface area (Å²) < 4.78 is 11.2. The molecule has 3 aromatic rings. The molecule has 0 aliphatic rings. The van der Waals surface area contributed by atoms with Gasteiger partial charge in [-0.1, -0.05) is 6.92 Å². The fourth-order valence-electron chi connectivity index (χ4n) is 2.50. The molecule has 2 heterocycles. The van der Waals surface area contributed by atoms with Crippen LogP contribution in [0.5, 0.6) is 5.75 Å². The lowest BCUT2D eigenvalue weighted by molar-refractivity contribution is 0.0697. The van der Waals surface area contributed by atoms with Crippen LogP contribution in [0.15, 0.2) is 34.9 Å². The Morgan fingerprint density at radius 3 is 2.59 bits per heavy atom. The van der Waals surface area contributed by atoms with Crippen molar-refractivity contribution in [1.82, 2.24) is 15.0 Å². The maximum atomic E-state index is 10.9. The number of hydrogen-bond donors (Lipinski definition) is 3. The molecule has 9 nitrogen and oxygen atoms in total. The molecule has 27 heavy (non-hydrogen) atoms. The van der Waals surface area contributed by atoms with Crippen LogP contribution in [0.2, 0.25) is 0 Å². The Kier molecular flexibility index (Phi) is 5.20. The lowest BCUT2D eigenvalue weighted by atomic mass is 10.1. The van der Waals surface area contributed by atoms with E-state index >= 15 is 0 Å². The molecule has 0 aliphatic carbocycles. The Balaban J connectivity index is 1.64. The average molecular weight is 369 g/mol. The number of nitrogens with two attached hydrogens (primary N) is 2. The highest BCUT2D eigenvalue weighted by Crippen LogP contribution is 2.25. The molecule has 0 atom stereocenters. The molecular weight excluding hydrogens is 350 g/mol. The standard InChI is InChI=1S/C18H19N5O4/c1-2-13-14(15(19)23-18(20)22-13)26-8-7-12-9-27-16(21-12)10-3-5-11(6-4-10)17(24)25/h3-6,9H,2,7-8H2,1H3,(H,24,25)(H4,19,20,22,23). The number of aryl methyl sites for hydroxylation is 1. The van der Waals surface area contributed by atoms with Crippen molar-refractivity contribution in [2.45, 2.75) is 19.8 Å². The first-order chi connectivity index (χ1) is 13.0. The first-order valence-electron chi connectivity index (χ1n) is 8.30. The summed E-state index contributed by atoms with van der Waals surface area (Å²) in [7, 11) is 0. The number of aromatic nitrogens is 3. The molecule has 0 saturated heterocycles. The van der Waals surface area contributed by atoms with E-state index in [1.807, 2.05) is 6.92 Å². The van der Waals surface area contributed by atoms with E-state index in [9.17, 15) is 4.79 Å². The van der Waals surface area contributed by atoms with Crippen LogP contribution < -0.4 is 16.2 Å². The van der Waals surface area contributed by atoms with E-state index < -0.39 is 5.97 Å². The minimum atomic E-state index is -0.982. The number of aromatic carboxylic acids is 1. The van der Waals surface area contributed by atoms with Gasteiger partial charge in [-0.2, -0.15) is 4.98 Å². The van der Waals surface area contributed by atoms with Crippen LogP contribution in [-0.4, -0.2) is 32.6 Å². The van der Waals surface area contributed by atoms with Crippen LogP contribution in [0.25, 0.3) is 11.5 Å². The Bertz CT molecular complexity index is 953. The van der Waals surface area contributed by atoms with Gasteiger partial charge in [-0.25, -0.2) is 14.8 Å². The van der Waals surface area contributed by atoms with E-state index in [1.165, 1.54) is 18.4 Å². The lowest BCUT2D eigenvalue weighted by Gasteiger charge is -2.11. The molecule has 9 heteroatoms. The summed E-state index contributed by atoms with van der Waals surface area (Å²) in [4.78, 5) is 23.3. The predicted octanol–water partition coefficient (Wildman–Crippen LogP) is 2.18.